The maximum Gasteiger partial charge on any atom is 0.389 e. The summed E-state index contributed by atoms with van der Waals surface area (Å²) >= 11 is 0. The molecule has 1 aliphatic rings. The van der Waals surface area contributed by atoms with Gasteiger partial charge in [-0.25, -0.2) is 4.98 Å². The quantitative estimate of drug-likeness (QED) is 0.902. The van der Waals surface area contributed by atoms with E-state index in [4.69, 9.17) is 0 Å². The number of alkyl halides is 3. The van der Waals surface area contributed by atoms with Crippen molar-refractivity contribution in [2.45, 2.75) is 31.9 Å². The molecule has 1 aromatic rings. The number of hydrogen-bond donors (Lipinski definition) is 1. The fourth-order valence-electron chi connectivity index (χ4n) is 2.59. The van der Waals surface area contributed by atoms with Gasteiger partial charge in [0.1, 0.15) is 5.82 Å². The normalized spacial score (nSPS) is 15.3. The van der Waals surface area contributed by atoms with Crippen LogP contribution in [0.3, 0.4) is 0 Å². The van der Waals surface area contributed by atoms with E-state index >= 15 is 0 Å². The van der Waals surface area contributed by atoms with Gasteiger partial charge in [0.25, 0.3) is 0 Å². The molecule has 2 rings (SSSR count). The molecule has 0 saturated heterocycles. The molecule has 3 nitrogen and oxygen atoms in total. The zero-order chi connectivity index (χ0) is 14.6. The third-order valence-corrected chi connectivity index (χ3v) is 3.59. The third kappa shape index (κ3) is 3.85. The van der Waals surface area contributed by atoms with E-state index in [1.165, 1.54) is 0 Å². The number of fused-ring (bicyclic) bond motifs is 1. The molecule has 0 radical (unpaired) electrons. The highest BCUT2D eigenvalue weighted by Gasteiger charge is 2.28. The molecule has 0 atom stereocenters. The van der Waals surface area contributed by atoms with Crippen LogP contribution in [0.5, 0.6) is 0 Å². The summed E-state index contributed by atoms with van der Waals surface area (Å²) < 4.78 is 37.1. The Morgan fingerprint density at radius 2 is 2.20 bits per heavy atom. The highest BCUT2D eigenvalue weighted by Crippen LogP contribution is 2.30. The van der Waals surface area contributed by atoms with Crippen LogP contribution in [0.25, 0.3) is 0 Å². The van der Waals surface area contributed by atoms with Gasteiger partial charge in [-0.15, -0.1) is 0 Å². The number of likely N-dealkylation sites (N-methyl/N-ethyl adjacent to an activating group) is 1. The van der Waals surface area contributed by atoms with E-state index < -0.39 is 12.6 Å². The average Bonchev–Trinajstić information content (AvgIpc) is 2.42. The summed E-state index contributed by atoms with van der Waals surface area (Å²) in [5, 5.41) is 3.09. The van der Waals surface area contributed by atoms with Gasteiger partial charge in [-0.2, -0.15) is 13.2 Å². The Morgan fingerprint density at radius 1 is 1.40 bits per heavy atom. The van der Waals surface area contributed by atoms with Gasteiger partial charge in [0, 0.05) is 32.3 Å². The van der Waals surface area contributed by atoms with E-state index in [9.17, 15) is 13.2 Å². The summed E-state index contributed by atoms with van der Waals surface area (Å²) in [7, 11) is 1.89. The molecular formula is C14H20F3N3. The fourth-order valence-corrected chi connectivity index (χ4v) is 2.59. The lowest BCUT2D eigenvalue weighted by Gasteiger charge is -2.31. The Hall–Kier alpha value is -1.30. The zero-order valence-electron chi connectivity index (χ0n) is 11.6. The molecule has 6 heteroatoms. The molecule has 0 aromatic carbocycles. The Labute approximate surface area is 117 Å². The monoisotopic (exact) mass is 287 g/mol. The van der Waals surface area contributed by atoms with Crippen molar-refractivity contribution in [3.8, 4) is 0 Å². The summed E-state index contributed by atoms with van der Waals surface area (Å²) in [6.07, 6.45) is -1.39. The van der Waals surface area contributed by atoms with Crippen LogP contribution in [0, 0.1) is 0 Å². The zero-order valence-corrected chi connectivity index (χ0v) is 11.6. The SMILES string of the molecule is CNCCN1CCCc2c(CCC(F)(F)F)ccnc21. The Balaban J connectivity index is 2.15. The van der Waals surface area contributed by atoms with Crippen LogP contribution in [0.1, 0.15) is 24.0 Å². The molecule has 112 valence electrons. The average molecular weight is 287 g/mol. The minimum atomic E-state index is -4.10. The summed E-state index contributed by atoms with van der Waals surface area (Å²) in [4.78, 5) is 6.53. The second kappa shape index (κ2) is 6.43. The summed E-state index contributed by atoms with van der Waals surface area (Å²) in [6.45, 7) is 2.59. The first kappa shape index (κ1) is 15.1. The summed E-state index contributed by atoms with van der Waals surface area (Å²) in [5.41, 5.74) is 1.79. The third-order valence-electron chi connectivity index (χ3n) is 3.59. The highest BCUT2D eigenvalue weighted by molar-refractivity contribution is 5.52. The molecule has 0 fully saturated rings. The van der Waals surface area contributed by atoms with Gasteiger partial charge in [0.05, 0.1) is 0 Å². The van der Waals surface area contributed by atoms with Crippen molar-refractivity contribution in [3.63, 3.8) is 0 Å². The maximum absolute atomic E-state index is 12.4. The lowest BCUT2D eigenvalue weighted by atomic mass is 9.97. The first-order valence-electron chi connectivity index (χ1n) is 6.94. The highest BCUT2D eigenvalue weighted by atomic mass is 19.4. The van der Waals surface area contributed by atoms with Gasteiger partial charge in [-0.3, -0.25) is 0 Å². The standard InChI is InChI=1S/C14H20F3N3/c1-18-8-10-20-9-2-3-12-11(4-6-14(15,16)17)5-7-19-13(12)20/h5,7,18H,2-4,6,8-10H2,1H3. The molecule has 0 aliphatic carbocycles. The number of rotatable bonds is 5. The predicted octanol–water partition coefficient (Wildman–Crippen LogP) is 2.55. The van der Waals surface area contributed by atoms with Crippen LogP contribution >= 0.6 is 0 Å². The maximum atomic E-state index is 12.4. The Kier molecular flexibility index (Phi) is 4.86. The molecule has 0 spiro atoms. The molecule has 2 heterocycles. The minimum absolute atomic E-state index is 0.0498. The van der Waals surface area contributed by atoms with Crippen molar-refractivity contribution in [1.29, 1.82) is 0 Å². The first-order chi connectivity index (χ1) is 9.51. The van der Waals surface area contributed by atoms with E-state index in [0.29, 0.717) is 0 Å². The Bertz CT molecular complexity index is 446. The van der Waals surface area contributed by atoms with Gasteiger partial charge < -0.3 is 10.2 Å². The van der Waals surface area contributed by atoms with Crippen molar-refractivity contribution in [1.82, 2.24) is 10.3 Å². The van der Waals surface area contributed by atoms with Crippen molar-refractivity contribution < 1.29 is 13.2 Å². The molecule has 1 aliphatic heterocycles. The number of halogens is 3. The first-order valence-corrected chi connectivity index (χ1v) is 6.94. The van der Waals surface area contributed by atoms with Crippen LogP contribution in [-0.4, -0.2) is 37.8 Å². The van der Waals surface area contributed by atoms with E-state index in [2.05, 4.69) is 15.2 Å². The van der Waals surface area contributed by atoms with E-state index in [1.807, 2.05) is 7.05 Å². The number of aromatic nitrogens is 1. The lowest BCUT2D eigenvalue weighted by Crippen LogP contribution is -2.36. The fraction of sp³-hybridized carbons (Fsp3) is 0.643. The second-order valence-corrected chi connectivity index (χ2v) is 5.08. The van der Waals surface area contributed by atoms with Crippen LogP contribution < -0.4 is 10.2 Å². The molecule has 0 saturated carbocycles. The number of pyridine rings is 1. The summed E-state index contributed by atoms with van der Waals surface area (Å²) in [5.74, 6) is 0.867. The van der Waals surface area contributed by atoms with Crippen LogP contribution in [0.2, 0.25) is 0 Å². The van der Waals surface area contributed by atoms with Crippen LogP contribution in [0.4, 0.5) is 19.0 Å². The largest absolute Gasteiger partial charge is 0.389 e. The Morgan fingerprint density at radius 3 is 2.90 bits per heavy atom. The number of nitrogens with one attached hydrogen (secondary N) is 1. The van der Waals surface area contributed by atoms with Crippen LogP contribution in [0.15, 0.2) is 12.3 Å². The second-order valence-electron chi connectivity index (χ2n) is 5.08. The molecule has 0 bridgehead atoms. The van der Waals surface area contributed by atoms with Gasteiger partial charge in [-0.1, -0.05) is 0 Å². The van der Waals surface area contributed by atoms with Gasteiger partial charge in [0.2, 0.25) is 0 Å². The van der Waals surface area contributed by atoms with Crippen LogP contribution in [-0.2, 0) is 12.8 Å². The minimum Gasteiger partial charge on any atom is -0.355 e. The molecule has 0 amide bonds. The lowest BCUT2D eigenvalue weighted by molar-refractivity contribution is -0.134. The topological polar surface area (TPSA) is 28.2 Å². The predicted molar refractivity (Wildman–Crippen MR) is 73.1 cm³/mol. The van der Waals surface area contributed by atoms with E-state index in [-0.39, 0.29) is 6.42 Å². The van der Waals surface area contributed by atoms with Crippen molar-refractivity contribution >= 4 is 5.82 Å². The smallest absolute Gasteiger partial charge is 0.355 e. The van der Waals surface area contributed by atoms with Crippen molar-refractivity contribution in [2.75, 3.05) is 31.6 Å². The van der Waals surface area contributed by atoms with Gasteiger partial charge in [-0.05, 0) is 43.5 Å². The van der Waals surface area contributed by atoms with E-state index in [0.717, 1.165) is 49.4 Å². The molecule has 1 N–H and O–H groups in total. The molecular weight excluding hydrogens is 267 g/mol. The number of nitrogens with zero attached hydrogens (tertiary/aromatic N) is 2. The number of aryl methyl sites for hydroxylation is 1. The van der Waals surface area contributed by atoms with Crippen molar-refractivity contribution in [3.05, 3.63) is 23.4 Å². The van der Waals surface area contributed by atoms with Gasteiger partial charge in [0.15, 0.2) is 0 Å². The molecule has 0 unspecified atom stereocenters. The number of hydrogen-bond acceptors (Lipinski definition) is 3. The van der Waals surface area contributed by atoms with Gasteiger partial charge >= 0.3 is 6.18 Å². The number of anilines is 1. The van der Waals surface area contributed by atoms with E-state index in [1.54, 1.807) is 12.3 Å². The molecule has 1 aromatic heterocycles. The molecule has 20 heavy (non-hydrogen) atoms. The summed E-state index contributed by atoms with van der Waals surface area (Å²) in [6, 6.07) is 1.73. The van der Waals surface area contributed by atoms with Crippen molar-refractivity contribution in [2.24, 2.45) is 0 Å².